The summed E-state index contributed by atoms with van der Waals surface area (Å²) in [6.07, 6.45) is 3.45. The number of hydrogen-bond acceptors (Lipinski definition) is 8. The number of thiazole rings is 1. The minimum atomic E-state index is -0.692. The van der Waals surface area contributed by atoms with Gasteiger partial charge in [-0.3, -0.25) is 9.36 Å². The zero-order valence-corrected chi connectivity index (χ0v) is 24.4. The van der Waals surface area contributed by atoms with Crippen molar-refractivity contribution in [3.63, 3.8) is 0 Å². The summed E-state index contributed by atoms with van der Waals surface area (Å²) in [5.41, 5.74) is 2.10. The molecule has 3 aromatic rings. The molecule has 0 bridgehead atoms. The first-order chi connectivity index (χ1) is 18.3. The lowest BCUT2D eigenvalue weighted by Gasteiger charge is -2.24. The predicted molar refractivity (Wildman–Crippen MR) is 155 cm³/mol. The molecule has 8 nitrogen and oxygen atoms in total. The summed E-state index contributed by atoms with van der Waals surface area (Å²) in [5, 5.41) is 0. The summed E-state index contributed by atoms with van der Waals surface area (Å²) >= 11 is 3.43. The van der Waals surface area contributed by atoms with E-state index in [1.165, 1.54) is 11.3 Å². The molecular formula is C28H27IN2O6S. The van der Waals surface area contributed by atoms with E-state index in [2.05, 4.69) is 34.2 Å². The number of methoxy groups -OCH3 is 2. The molecule has 1 aliphatic heterocycles. The number of nitrogens with zero attached hydrogens (tertiary/aromatic N) is 2. The SMILES string of the molecule is C=CCOc1c(I)cc(C=c2sc3n(c2=O)[C@@H](c2ccc(OC)cc2)C(C(=O)OCC)=C(C)N=3)cc1OC. The second-order valence-electron chi connectivity index (χ2n) is 8.21. The molecule has 2 aromatic carbocycles. The molecule has 0 saturated heterocycles. The molecule has 10 heteroatoms. The van der Waals surface area contributed by atoms with Gasteiger partial charge in [0, 0.05) is 0 Å². The zero-order chi connectivity index (χ0) is 27.4. The molecule has 0 amide bonds. The van der Waals surface area contributed by atoms with E-state index in [0.29, 0.717) is 44.5 Å². The van der Waals surface area contributed by atoms with Crippen molar-refractivity contribution in [2.45, 2.75) is 19.9 Å². The third-order valence-corrected chi connectivity index (χ3v) is 7.63. The van der Waals surface area contributed by atoms with Crippen molar-refractivity contribution in [2.75, 3.05) is 27.4 Å². The van der Waals surface area contributed by atoms with Gasteiger partial charge in [0.05, 0.1) is 46.2 Å². The Balaban J connectivity index is 1.89. The number of esters is 1. The number of aromatic nitrogens is 1. The van der Waals surface area contributed by atoms with Crippen molar-refractivity contribution in [1.29, 1.82) is 0 Å². The predicted octanol–water partition coefficient (Wildman–Crippen LogP) is 3.98. The van der Waals surface area contributed by atoms with Crippen molar-refractivity contribution in [1.82, 2.24) is 4.57 Å². The van der Waals surface area contributed by atoms with Crippen LogP contribution in [0.3, 0.4) is 0 Å². The van der Waals surface area contributed by atoms with Crippen molar-refractivity contribution < 1.29 is 23.7 Å². The largest absolute Gasteiger partial charge is 0.497 e. The number of carbonyl (C=O) groups excluding carboxylic acids is 1. The van der Waals surface area contributed by atoms with Gasteiger partial charge in [0.1, 0.15) is 12.4 Å². The Kier molecular flexibility index (Phi) is 8.72. The maximum absolute atomic E-state index is 13.8. The van der Waals surface area contributed by atoms with Gasteiger partial charge in [-0.15, -0.1) is 0 Å². The lowest BCUT2D eigenvalue weighted by atomic mass is 9.96. The van der Waals surface area contributed by atoms with E-state index in [0.717, 1.165) is 14.7 Å². The van der Waals surface area contributed by atoms with Gasteiger partial charge in [-0.2, -0.15) is 0 Å². The highest BCUT2D eigenvalue weighted by atomic mass is 127. The van der Waals surface area contributed by atoms with Crippen molar-refractivity contribution in [3.8, 4) is 17.2 Å². The second kappa shape index (κ2) is 12.0. The van der Waals surface area contributed by atoms with E-state index in [1.54, 1.807) is 56.9 Å². The normalized spacial score (nSPS) is 15.0. The number of benzene rings is 2. The van der Waals surface area contributed by atoms with Crippen LogP contribution in [-0.2, 0) is 9.53 Å². The second-order valence-corrected chi connectivity index (χ2v) is 10.4. The highest BCUT2D eigenvalue weighted by Gasteiger charge is 2.33. The van der Waals surface area contributed by atoms with E-state index in [4.69, 9.17) is 18.9 Å². The average Bonchev–Trinajstić information content (AvgIpc) is 3.21. The fourth-order valence-electron chi connectivity index (χ4n) is 4.15. The maximum atomic E-state index is 13.8. The van der Waals surface area contributed by atoms with E-state index >= 15 is 0 Å². The minimum absolute atomic E-state index is 0.211. The van der Waals surface area contributed by atoms with Crippen LogP contribution in [0.25, 0.3) is 6.08 Å². The molecule has 0 spiro atoms. The van der Waals surface area contributed by atoms with Gasteiger partial charge in [0.2, 0.25) is 0 Å². The monoisotopic (exact) mass is 646 g/mol. The van der Waals surface area contributed by atoms with E-state index < -0.39 is 12.0 Å². The first kappa shape index (κ1) is 27.6. The number of hydrogen-bond donors (Lipinski definition) is 0. The Bertz CT molecular complexity index is 1590. The summed E-state index contributed by atoms with van der Waals surface area (Å²) < 4.78 is 24.8. The molecule has 198 valence electrons. The number of rotatable bonds is 9. The molecule has 0 N–H and O–H groups in total. The lowest BCUT2D eigenvalue weighted by molar-refractivity contribution is -0.139. The molecule has 0 fully saturated rings. The summed E-state index contributed by atoms with van der Waals surface area (Å²) in [6.45, 7) is 7.75. The van der Waals surface area contributed by atoms with Gasteiger partial charge in [0.15, 0.2) is 16.3 Å². The Labute approximate surface area is 237 Å². The van der Waals surface area contributed by atoms with Crippen LogP contribution in [0.5, 0.6) is 17.2 Å². The molecule has 0 saturated carbocycles. The number of fused-ring (bicyclic) bond motifs is 1. The number of allylic oxidation sites excluding steroid dienone is 1. The summed E-state index contributed by atoms with van der Waals surface area (Å²) in [4.78, 5) is 32.0. The molecule has 4 rings (SSSR count). The van der Waals surface area contributed by atoms with Crippen LogP contribution >= 0.6 is 33.9 Å². The van der Waals surface area contributed by atoms with Gasteiger partial charge in [-0.05, 0) is 77.9 Å². The summed E-state index contributed by atoms with van der Waals surface area (Å²) in [5.74, 6) is 1.33. The fourth-order valence-corrected chi connectivity index (χ4v) is 5.98. The molecule has 2 heterocycles. The van der Waals surface area contributed by atoms with Crippen LogP contribution in [0.1, 0.15) is 31.0 Å². The van der Waals surface area contributed by atoms with Gasteiger partial charge in [-0.25, -0.2) is 9.79 Å². The minimum Gasteiger partial charge on any atom is -0.497 e. The standard InChI is InChI=1S/C28H27IN2O6S/c1-6-12-37-25-20(29)13-17(14-21(25)35-5)15-22-26(32)31-24(18-8-10-19(34-4)11-9-18)23(27(33)36-7-2)16(3)30-28(31)38-22/h6,8-11,13-15,24H,1,7,12H2,2-5H3/t24-/m0/s1. The van der Waals surface area contributed by atoms with Crippen LogP contribution in [0.2, 0.25) is 0 Å². The van der Waals surface area contributed by atoms with Crippen LogP contribution in [-0.4, -0.2) is 38.0 Å². The van der Waals surface area contributed by atoms with Gasteiger partial charge >= 0.3 is 5.97 Å². The number of carbonyl (C=O) groups is 1. The third kappa shape index (κ3) is 5.41. The zero-order valence-electron chi connectivity index (χ0n) is 21.4. The molecule has 0 radical (unpaired) electrons. The smallest absolute Gasteiger partial charge is 0.338 e. The maximum Gasteiger partial charge on any atom is 0.338 e. The van der Waals surface area contributed by atoms with E-state index in [9.17, 15) is 9.59 Å². The highest BCUT2D eigenvalue weighted by molar-refractivity contribution is 14.1. The quantitative estimate of drug-likeness (QED) is 0.199. The number of halogens is 1. The molecule has 1 aromatic heterocycles. The molecular weight excluding hydrogens is 619 g/mol. The summed E-state index contributed by atoms with van der Waals surface area (Å²) in [6, 6.07) is 10.3. The van der Waals surface area contributed by atoms with Gasteiger partial charge in [0.25, 0.3) is 5.56 Å². The van der Waals surface area contributed by atoms with Crippen molar-refractivity contribution >= 4 is 46.0 Å². The number of ether oxygens (including phenoxy) is 4. The molecule has 38 heavy (non-hydrogen) atoms. The van der Waals surface area contributed by atoms with Crippen LogP contribution < -0.4 is 29.1 Å². The molecule has 0 aliphatic carbocycles. The topological polar surface area (TPSA) is 88.4 Å². The first-order valence-corrected chi connectivity index (χ1v) is 13.7. The Morgan fingerprint density at radius 2 is 1.95 bits per heavy atom. The Morgan fingerprint density at radius 1 is 1.21 bits per heavy atom. The molecule has 1 aliphatic rings. The lowest BCUT2D eigenvalue weighted by Crippen LogP contribution is -2.39. The van der Waals surface area contributed by atoms with Crippen LogP contribution in [0.15, 0.2) is 70.1 Å². The molecule has 1 atom stereocenters. The highest BCUT2D eigenvalue weighted by Crippen LogP contribution is 2.34. The Hall–Kier alpha value is -3.38. The van der Waals surface area contributed by atoms with Gasteiger partial charge < -0.3 is 18.9 Å². The van der Waals surface area contributed by atoms with Gasteiger partial charge in [-0.1, -0.05) is 36.1 Å². The van der Waals surface area contributed by atoms with Crippen molar-refractivity contribution in [3.05, 3.63) is 94.7 Å². The first-order valence-electron chi connectivity index (χ1n) is 11.8. The van der Waals surface area contributed by atoms with Crippen LogP contribution in [0.4, 0.5) is 0 Å². The third-order valence-electron chi connectivity index (χ3n) is 5.84. The fraction of sp³-hybridized carbons (Fsp3) is 0.250. The van der Waals surface area contributed by atoms with Crippen molar-refractivity contribution in [2.24, 2.45) is 4.99 Å². The van der Waals surface area contributed by atoms with E-state index in [1.807, 2.05) is 24.3 Å². The summed E-state index contributed by atoms with van der Waals surface area (Å²) in [7, 11) is 3.15. The average molecular weight is 647 g/mol. The van der Waals surface area contributed by atoms with Crippen LogP contribution in [0, 0.1) is 3.57 Å². The molecule has 0 unspecified atom stereocenters. The Morgan fingerprint density at radius 3 is 2.58 bits per heavy atom. The van der Waals surface area contributed by atoms with E-state index in [-0.39, 0.29) is 12.2 Å².